The van der Waals surface area contributed by atoms with Crippen LogP contribution in [0.3, 0.4) is 0 Å². The zero-order valence-corrected chi connectivity index (χ0v) is 9.86. The fourth-order valence-electron chi connectivity index (χ4n) is 1.94. The van der Waals surface area contributed by atoms with Gasteiger partial charge in [-0.25, -0.2) is 0 Å². The number of benzene rings is 1. The predicted octanol–water partition coefficient (Wildman–Crippen LogP) is -0.271. The van der Waals surface area contributed by atoms with Crippen LogP contribution >= 0.6 is 0 Å². The van der Waals surface area contributed by atoms with Crippen LogP contribution in [0.15, 0.2) is 42.5 Å². The summed E-state index contributed by atoms with van der Waals surface area (Å²) in [6, 6.07) is 8.85. The van der Waals surface area contributed by atoms with Crippen LogP contribution in [0.2, 0.25) is 0 Å². The Bertz CT molecular complexity index is 409. The number of rotatable bonds is 4. The lowest BCUT2D eigenvalue weighted by Crippen LogP contribution is -2.40. The maximum Gasteiger partial charge on any atom is 0.112 e. The molecule has 1 aliphatic rings. The quantitative estimate of drug-likeness (QED) is 0.437. The van der Waals surface area contributed by atoms with Crippen molar-refractivity contribution in [3.05, 3.63) is 48.0 Å². The molecule has 98 valence electrons. The van der Waals surface area contributed by atoms with E-state index in [2.05, 4.69) is 12.1 Å². The summed E-state index contributed by atoms with van der Waals surface area (Å²) in [7, 11) is 0. The molecule has 1 aromatic carbocycles. The van der Waals surface area contributed by atoms with Crippen molar-refractivity contribution in [2.75, 3.05) is 0 Å². The van der Waals surface area contributed by atoms with Crippen molar-refractivity contribution in [3.63, 3.8) is 0 Å². The molecule has 1 aliphatic carbocycles. The third-order valence-electron chi connectivity index (χ3n) is 3.09. The number of hydroxylamine groups is 1. The minimum Gasteiger partial charge on any atom is -0.388 e. The molecule has 5 nitrogen and oxygen atoms in total. The van der Waals surface area contributed by atoms with Crippen molar-refractivity contribution in [3.8, 4) is 0 Å². The van der Waals surface area contributed by atoms with Crippen LogP contribution in [0.1, 0.15) is 5.56 Å². The molecule has 1 saturated carbocycles. The maximum absolute atomic E-state index is 9.68. The highest BCUT2D eigenvalue weighted by molar-refractivity contribution is 5.23. The van der Waals surface area contributed by atoms with E-state index in [1.54, 1.807) is 0 Å². The van der Waals surface area contributed by atoms with Gasteiger partial charge in [0.1, 0.15) is 18.3 Å². The summed E-state index contributed by atoms with van der Waals surface area (Å²) in [5, 5.41) is 28.7. The molecule has 4 atom stereocenters. The van der Waals surface area contributed by atoms with Crippen molar-refractivity contribution < 1.29 is 20.2 Å². The number of aliphatic hydroxyl groups excluding tert-OH is 3. The van der Waals surface area contributed by atoms with E-state index in [1.165, 1.54) is 0 Å². The van der Waals surface area contributed by atoms with Crippen LogP contribution in [0, 0.1) is 0 Å². The summed E-state index contributed by atoms with van der Waals surface area (Å²) < 4.78 is 0. The maximum atomic E-state index is 9.68. The van der Waals surface area contributed by atoms with Crippen LogP contribution in [-0.2, 0) is 11.4 Å². The molecular formula is C13H17NO4. The molecular weight excluding hydrogens is 234 g/mol. The average molecular weight is 251 g/mol. The zero-order valence-electron chi connectivity index (χ0n) is 9.86. The molecule has 1 aromatic rings. The van der Waals surface area contributed by atoms with Gasteiger partial charge in [0.25, 0.3) is 0 Å². The van der Waals surface area contributed by atoms with E-state index in [9.17, 15) is 15.3 Å². The van der Waals surface area contributed by atoms with Crippen LogP contribution in [0.5, 0.6) is 0 Å². The van der Waals surface area contributed by atoms with E-state index in [-0.39, 0.29) is 0 Å². The van der Waals surface area contributed by atoms with E-state index in [0.717, 1.165) is 5.56 Å². The van der Waals surface area contributed by atoms with Gasteiger partial charge in [0.2, 0.25) is 0 Å². The van der Waals surface area contributed by atoms with Gasteiger partial charge in [-0.2, -0.15) is 5.48 Å². The van der Waals surface area contributed by atoms with E-state index < -0.39 is 24.4 Å². The molecule has 5 heteroatoms. The van der Waals surface area contributed by atoms with Gasteiger partial charge in [0, 0.05) is 0 Å². The van der Waals surface area contributed by atoms with Crippen molar-refractivity contribution in [2.45, 2.75) is 31.0 Å². The second-order valence-corrected chi connectivity index (χ2v) is 4.37. The van der Waals surface area contributed by atoms with Crippen molar-refractivity contribution >= 4 is 0 Å². The van der Waals surface area contributed by atoms with Crippen LogP contribution in [-0.4, -0.2) is 39.7 Å². The number of hydrogen-bond donors (Lipinski definition) is 4. The summed E-state index contributed by atoms with van der Waals surface area (Å²) in [5.41, 5.74) is 3.92. The van der Waals surface area contributed by atoms with Crippen molar-refractivity contribution in [2.24, 2.45) is 0 Å². The summed E-state index contributed by atoms with van der Waals surface area (Å²) in [6.07, 6.45) is -3.48. The Morgan fingerprint density at radius 2 is 1.78 bits per heavy atom. The minimum atomic E-state index is -1.23. The lowest BCUT2D eigenvalue weighted by Gasteiger charge is -2.17. The number of hydrogen-bond acceptors (Lipinski definition) is 5. The van der Waals surface area contributed by atoms with Gasteiger partial charge in [-0.05, 0) is 11.1 Å². The highest BCUT2D eigenvalue weighted by Crippen LogP contribution is 2.25. The first-order valence-corrected chi connectivity index (χ1v) is 5.75. The number of nitrogens with one attached hydrogen (secondary N) is 1. The third-order valence-corrected chi connectivity index (χ3v) is 3.09. The summed E-state index contributed by atoms with van der Waals surface area (Å²) in [4.78, 5) is 5.25. The van der Waals surface area contributed by atoms with Gasteiger partial charge in [-0.1, -0.05) is 36.9 Å². The Hall–Kier alpha value is -1.24. The Labute approximate surface area is 105 Å². The van der Waals surface area contributed by atoms with Crippen molar-refractivity contribution in [1.82, 2.24) is 5.48 Å². The van der Waals surface area contributed by atoms with Gasteiger partial charge >= 0.3 is 0 Å². The normalized spacial score (nSPS) is 31.8. The largest absolute Gasteiger partial charge is 0.388 e. The van der Waals surface area contributed by atoms with Crippen LogP contribution in [0.4, 0.5) is 0 Å². The molecule has 1 fully saturated rings. The molecule has 18 heavy (non-hydrogen) atoms. The lowest BCUT2D eigenvalue weighted by molar-refractivity contribution is -0.0519. The summed E-state index contributed by atoms with van der Waals surface area (Å²) >= 11 is 0. The Morgan fingerprint density at radius 3 is 2.33 bits per heavy atom. The Kier molecular flexibility index (Phi) is 4.11. The molecule has 0 aromatic heterocycles. The molecule has 0 aliphatic heterocycles. The monoisotopic (exact) mass is 251 g/mol. The van der Waals surface area contributed by atoms with Crippen LogP contribution in [0.25, 0.3) is 0 Å². The summed E-state index contributed by atoms with van der Waals surface area (Å²) in [6.45, 7) is 3.95. The summed E-state index contributed by atoms with van der Waals surface area (Å²) in [5.74, 6) is 0. The molecule has 0 amide bonds. The Morgan fingerprint density at radius 1 is 1.11 bits per heavy atom. The van der Waals surface area contributed by atoms with Gasteiger partial charge < -0.3 is 15.3 Å². The van der Waals surface area contributed by atoms with Crippen LogP contribution < -0.4 is 5.48 Å². The number of aliphatic hydroxyl groups is 3. The van der Waals surface area contributed by atoms with E-state index in [0.29, 0.717) is 12.2 Å². The highest BCUT2D eigenvalue weighted by atomic mass is 16.6. The van der Waals surface area contributed by atoms with Gasteiger partial charge in [-0.15, -0.1) is 0 Å². The predicted molar refractivity (Wildman–Crippen MR) is 65.3 cm³/mol. The molecule has 0 unspecified atom stereocenters. The minimum absolute atomic E-state index is 0.322. The SMILES string of the molecule is C=C1[C@H](O)[C@H](O)[C@H](O)[C@H]1NOCc1ccccc1. The van der Waals surface area contributed by atoms with Gasteiger partial charge in [0.05, 0.1) is 12.6 Å². The zero-order chi connectivity index (χ0) is 13.1. The molecule has 0 heterocycles. The topological polar surface area (TPSA) is 82.0 Å². The van der Waals surface area contributed by atoms with Crippen molar-refractivity contribution in [1.29, 1.82) is 0 Å². The molecule has 0 bridgehead atoms. The second-order valence-electron chi connectivity index (χ2n) is 4.37. The first-order chi connectivity index (χ1) is 8.61. The van der Waals surface area contributed by atoms with E-state index >= 15 is 0 Å². The third kappa shape index (κ3) is 2.60. The standard InChI is InChI=1S/C13H17NO4/c1-8-10(12(16)13(17)11(8)15)14-18-7-9-5-3-2-4-6-9/h2-6,10-17H,1,7H2/t10-,11-,12+,13-/m0/s1. The molecule has 2 rings (SSSR count). The molecule has 0 spiro atoms. The fourth-order valence-corrected chi connectivity index (χ4v) is 1.94. The molecule has 4 N–H and O–H groups in total. The molecule has 0 radical (unpaired) electrons. The average Bonchev–Trinajstić information content (AvgIpc) is 2.57. The highest BCUT2D eigenvalue weighted by Gasteiger charge is 2.43. The smallest absolute Gasteiger partial charge is 0.112 e. The fraction of sp³-hybridized carbons (Fsp3) is 0.385. The second kappa shape index (κ2) is 5.60. The van der Waals surface area contributed by atoms with Gasteiger partial charge in [-0.3, -0.25) is 4.84 Å². The van der Waals surface area contributed by atoms with Gasteiger partial charge in [0.15, 0.2) is 0 Å². The van der Waals surface area contributed by atoms with E-state index in [1.807, 2.05) is 30.3 Å². The lowest BCUT2D eigenvalue weighted by atomic mass is 10.1. The van der Waals surface area contributed by atoms with E-state index in [4.69, 9.17) is 4.84 Å². The molecule has 0 saturated heterocycles. The first-order valence-electron chi connectivity index (χ1n) is 5.75. The Balaban J connectivity index is 1.86. The first kappa shape index (κ1) is 13.2.